The third kappa shape index (κ3) is 3.67. The van der Waals surface area contributed by atoms with Crippen molar-refractivity contribution in [2.24, 2.45) is 0 Å². The molecule has 0 unspecified atom stereocenters. The van der Waals surface area contributed by atoms with E-state index >= 15 is 0 Å². The first kappa shape index (κ1) is 12.2. The Hall–Kier alpha value is -0.830. The largest absolute Gasteiger partial charge is 0.490 e. The average molecular weight is 225 g/mol. The molecule has 2 N–H and O–H groups in total. The number of benzene rings is 1. The minimum Gasteiger partial charge on any atom is -0.490 e. The molecule has 0 aromatic heterocycles. The molecular weight excluding hydrogens is 206 g/mol. The predicted molar refractivity (Wildman–Crippen MR) is 68.8 cm³/mol. The highest BCUT2D eigenvalue weighted by Gasteiger charge is 2.05. The molecule has 2 nitrogen and oxygen atoms in total. The summed E-state index contributed by atoms with van der Waals surface area (Å²) in [7, 11) is 0. The molecule has 1 aromatic rings. The van der Waals surface area contributed by atoms with Crippen LogP contribution in [-0.2, 0) is 0 Å². The standard InChI is InChI=1S/C12H19NOS/c1-4-15-6-5-14-12-10(3)7-9(2)8-11(12)13/h7-8H,4-6,13H2,1-3H3. The molecule has 1 rings (SSSR count). The lowest BCUT2D eigenvalue weighted by molar-refractivity contribution is 0.343. The number of thioether (sulfide) groups is 1. The van der Waals surface area contributed by atoms with E-state index in [1.807, 2.05) is 31.7 Å². The third-order valence-corrected chi connectivity index (χ3v) is 2.99. The van der Waals surface area contributed by atoms with Crippen LogP contribution >= 0.6 is 11.8 Å². The molecule has 0 atom stereocenters. The van der Waals surface area contributed by atoms with Gasteiger partial charge < -0.3 is 10.5 Å². The van der Waals surface area contributed by atoms with Crippen LogP contribution in [0.1, 0.15) is 18.1 Å². The molecule has 0 radical (unpaired) electrons. The molecule has 0 saturated heterocycles. The fourth-order valence-electron chi connectivity index (χ4n) is 1.53. The molecule has 0 spiro atoms. The van der Waals surface area contributed by atoms with Gasteiger partial charge in [0.2, 0.25) is 0 Å². The number of anilines is 1. The second-order valence-electron chi connectivity index (χ2n) is 3.55. The summed E-state index contributed by atoms with van der Waals surface area (Å²) in [5.41, 5.74) is 8.95. The van der Waals surface area contributed by atoms with E-state index in [2.05, 4.69) is 13.0 Å². The van der Waals surface area contributed by atoms with Gasteiger partial charge >= 0.3 is 0 Å². The summed E-state index contributed by atoms with van der Waals surface area (Å²) in [6.07, 6.45) is 0. The Morgan fingerprint density at radius 1 is 1.33 bits per heavy atom. The van der Waals surface area contributed by atoms with Gasteiger partial charge in [-0.1, -0.05) is 13.0 Å². The first-order valence-corrected chi connectivity index (χ1v) is 6.38. The van der Waals surface area contributed by atoms with Crippen LogP contribution in [0.15, 0.2) is 12.1 Å². The van der Waals surface area contributed by atoms with Gasteiger partial charge in [-0.05, 0) is 36.8 Å². The van der Waals surface area contributed by atoms with Gasteiger partial charge in [0.25, 0.3) is 0 Å². The zero-order valence-corrected chi connectivity index (χ0v) is 10.5. The van der Waals surface area contributed by atoms with E-state index in [1.165, 1.54) is 5.56 Å². The van der Waals surface area contributed by atoms with E-state index < -0.39 is 0 Å². The van der Waals surface area contributed by atoms with Crippen molar-refractivity contribution in [3.8, 4) is 5.75 Å². The van der Waals surface area contributed by atoms with Gasteiger partial charge in [-0.15, -0.1) is 0 Å². The van der Waals surface area contributed by atoms with Crippen molar-refractivity contribution in [2.75, 3.05) is 23.8 Å². The topological polar surface area (TPSA) is 35.2 Å². The third-order valence-electron chi connectivity index (χ3n) is 2.13. The van der Waals surface area contributed by atoms with Crippen molar-refractivity contribution < 1.29 is 4.74 Å². The van der Waals surface area contributed by atoms with Gasteiger partial charge in [0.15, 0.2) is 0 Å². The van der Waals surface area contributed by atoms with E-state index in [4.69, 9.17) is 10.5 Å². The van der Waals surface area contributed by atoms with Crippen LogP contribution in [0.4, 0.5) is 5.69 Å². The van der Waals surface area contributed by atoms with Gasteiger partial charge in [-0.25, -0.2) is 0 Å². The highest BCUT2D eigenvalue weighted by atomic mass is 32.2. The molecule has 15 heavy (non-hydrogen) atoms. The SMILES string of the molecule is CCSCCOc1c(C)cc(C)cc1N. The lowest BCUT2D eigenvalue weighted by Gasteiger charge is -2.12. The van der Waals surface area contributed by atoms with Crippen molar-refractivity contribution >= 4 is 17.4 Å². The van der Waals surface area contributed by atoms with Crippen LogP contribution in [0.2, 0.25) is 0 Å². The monoisotopic (exact) mass is 225 g/mol. The first-order valence-electron chi connectivity index (χ1n) is 5.22. The lowest BCUT2D eigenvalue weighted by atomic mass is 10.1. The summed E-state index contributed by atoms with van der Waals surface area (Å²) in [4.78, 5) is 0. The molecule has 1 aromatic carbocycles. The Morgan fingerprint density at radius 2 is 2.07 bits per heavy atom. The Kier molecular flexibility index (Phi) is 4.82. The van der Waals surface area contributed by atoms with Crippen molar-refractivity contribution in [3.63, 3.8) is 0 Å². The van der Waals surface area contributed by atoms with E-state index in [9.17, 15) is 0 Å². The number of ether oxygens (including phenoxy) is 1. The maximum absolute atomic E-state index is 5.91. The lowest BCUT2D eigenvalue weighted by Crippen LogP contribution is -2.04. The van der Waals surface area contributed by atoms with Gasteiger partial charge in [0.1, 0.15) is 5.75 Å². The van der Waals surface area contributed by atoms with Crippen LogP contribution in [0.5, 0.6) is 5.75 Å². The molecule has 0 amide bonds. The molecule has 84 valence electrons. The molecule has 0 bridgehead atoms. The Morgan fingerprint density at radius 3 is 2.67 bits per heavy atom. The number of hydrogen-bond acceptors (Lipinski definition) is 3. The van der Waals surface area contributed by atoms with Crippen LogP contribution < -0.4 is 10.5 Å². The second-order valence-corrected chi connectivity index (χ2v) is 4.94. The fraction of sp³-hybridized carbons (Fsp3) is 0.500. The fourth-order valence-corrected chi connectivity index (χ4v) is 2.02. The maximum atomic E-state index is 5.91. The highest BCUT2D eigenvalue weighted by molar-refractivity contribution is 7.99. The Balaban J connectivity index is 2.60. The molecule has 0 aliphatic heterocycles. The van der Waals surface area contributed by atoms with E-state index in [0.29, 0.717) is 0 Å². The molecule has 0 aliphatic rings. The van der Waals surface area contributed by atoms with Crippen LogP contribution in [0.25, 0.3) is 0 Å². The predicted octanol–water partition coefficient (Wildman–Crippen LogP) is 3.02. The normalized spacial score (nSPS) is 10.3. The minimum atomic E-state index is 0.729. The summed E-state index contributed by atoms with van der Waals surface area (Å²) in [6, 6.07) is 4.05. The van der Waals surface area contributed by atoms with Crippen molar-refractivity contribution in [1.82, 2.24) is 0 Å². The smallest absolute Gasteiger partial charge is 0.145 e. The van der Waals surface area contributed by atoms with Gasteiger partial charge in [0.05, 0.1) is 12.3 Å². The molecule has 3 heteroatoms. The van der Waals surface area contributed by atoms with E-state index in [-0.39, 0.29) is 0 Å². The summed E-state index contributed by atoms with van der Waals surface area (Å²) in [6.45, 7) is 6.95. The zero-order valence-electron chi connectivity index (χ0n) is 9.67. The highest BCUT2D eigenvalue weighted by Crippen LogP contribution is 2.27. The van der Waals surface area contributed by atoms with Gasteiger partial charge in [-0.2, -0.15) is 11.8 Å². The van der Waals surface area contributed by atoms with Crippen LogP contribution in [0.3, 0.4) is 0 Å². The van der Waals surface area contributed by atoms with Crippen LogP contribution in [-0.4, -0.2) is 18.1 Å². The average Bonchev–Trinajstić information content (AvgIpc) is 2.15. The summed E-state index contributed by atoms with van der Waals surface area (Å²) < 4.78 is 5.68. The molecule has 0 heterocycles. The molecule has 0 aliphatic carbocycles. The van der Waals surface area contributed by atoms with Gasteiger partial charge in [-0.3, -0.25) is 0 Å². The number of rotatable bonds is 5. The van der Waals surface area contributed by atoms with Crippen LogP contribution in [0, 0.1) is 13.8 Å². The minimum absolute atomic E-state index is 0.729. The molecule has 0 saturated carbocycles. The van der Waals surface area contributed by atoms with E-state index in [0.717, 1.165) is 35.1 Å². The maximum Gasteiger partial charge on any atom is 0.145 e. The molecule has 0 fully saturated rings. The Bertz CT molecular complexity index is 302. The van der Waals surface area contributed by atoms with E-state index in [1.54, 1.807) is 0 Å². The number of nitrogen functional groups attached to an aromatic ring is 1. The number of hydrogen-bond donors (Lipinski definition) is 1. The quantitative estimate of drug-likeness (QED) is 0.618. The zero-order chi connectivity index (χ0) is 11.3. The molecular formula is C12H19NOS. The summed E-state index contributed by atoms with van der Waals surface area (Å²) in [5.74, 6) is 2.99. The summed E-state index contributed by atoms with van der Waals surface area (Å²) >= 11 is 1.88. The van der Waals surface area contributed by atoms with Crippen molar-refractivity contribution in [3.05, 3.63) is 23.3 Å². The van der Waals surface area contributed by atoms with Crippen molar-refractivity contribution in [2.45, 2.75) is 20.8 Å². The number of nitrogens with two attached hydrogens (primary N) is 1. The van der Waals surface area contributed by atoms with Crippen molar-refractivity contribution in [1.29, 1.82) is 0 Å². The van der Waals surface area contributed by atoms with Gasteiger partial charge in [0, 0.05) is 5.75 Å². The first-order chi connectivity index (χ1) is 7.15. The Labute approximate surface area is 96.2 Å². The second kappa shape index (κ2) is 5.91. The number of aryl methyl sites for hydroxylation is 2. The summed E-state index contributed by atoms with van der Waals surface area (Å²) in [5, 5.41) is 0.